The molecule has 1 atom stereocenters. The number of rotatable bonds is 4. The number of hydrogen-bond donors (Lipinski definition) is 2. The third-order valence-corrected chi connectivity index (χ3v) is 5.50. The highest BCUT2D eigenvalue weighted by molar-refractivity contribution is 5.87. The first-order valence-corrected chi connectivity index (χ1v) is 9.78. The molecule has 2 aromatic rings. The predicted molar refractivity (Wildman–Crippen MR) is 108 cm³/mol. The summed E-state index contributed by atoms with van der Waals surface area (Å²) in [4.78, 5) is 32.4. The second-order valence-electron chi connectivity index (χ2n) is 7.40. The number of pyridine rings is 1. The highest BCUT2D eigenvalue weighted by Gasteiger charge is 2.28. The Labute approximate surface area is 168 Å². The van der Waals surface area contributed by atoms with Gasteiger partial charge >= 0.3 is 0 Å². The first-order chi connectivity index (χ1) is 14.0. The number of hydrogen-bond acceptors (Lipinski definition) is 5. The van der Waals surface area contributed by atoms with E-state index >= 15 is 0 Å². The van der Waals surface area contributed by atoms with E-state index in [1.54, 1.807) is 25.3 Å². The predicted octanol–water partition coefficient (Wildman–Crippen LogP) is 1.54. The number of carbonyl (C=O) groups is 2. The minimum atomic E-state index is -0.470. The average Bonchev–Trinajstić information content (AvgIpc) is 3.18. The van der Waals surface area contributed by atoms with Gasteiger partial charge in [0.1, 0.15) is 17.7 Å². The maximum atomic E-state index is 13.9. The SMILES string of the molecule is CC(=O)N1CCN(c2cc(CNC(=O)C3Cc4c(F)cccc4N3)ccn2)CC1. The maximum Gasteiger partial charge on any atom is 0.243 e. The van der Waals surface area contributed by atoms with E-state index in [0.29, 0.717) is 37.3 Å². The van der Waals surface area contributed by atoms with Crippen LogP contribution in [0.3, 0.4) is 0 Å². The first kappa shape index (κ1) is 19.2. The molecule has 2 aliphatic heterocycles. The average molecular weight is 397 g/mol. The number of nitrogens with zero attached hydrogens (tertiary/aromatic N) is 3. The molecule has 1 aromatic carbocycles. The van der Waals surface area contributed by atoms with E-state index in [9.17, 15) is 14.0 Å². The zero-order valence-electron chi connectivity index (χ0n) is 16.3. The van der Waals surface area contributed by atoms with Gasteiger partial charge in [-0.15, -0.1) is 0 Å². The largest absolute Gasteiger partial charge is 0.373 e. The van der Waals surface area contributed by atoms with E-state index in [-0.39, 0.29) is 17.6 Å². The molecule has 2 N–H and O–H groups in total. The van der Waals surface area contributed by atoms with Gasteiger partial charge in [-0.2, -0.15) is 0 Å². The van der Waals surface area contributed by atoms with E-state index in [2.05, 4.69) is 20.5 Å². The van der Waals surface area contributed by atoms with Crippen LogP contribution in [0.4, 0.5) is 15.9 Å². The van der Waals surface area contributed by atoms with Gasteiger partial charge < -0.3 is 20.4 Å². The molecule has 1 aromatic heterocycles. The molecule has 1 saturated heterocycles. The van der Waals surface area contributed by atoms with E-state index < -0.39 is 6.04 Å². The summed E-state index contributed by atoms with van der Waals surface area (Å²) in [5.74, 6) is 0.494. The number of piperazine rings is 1. The molecule has 0 spiro atoms. The highest BCUT2D eigenvalue weighted by Crippen LogP contribution is 2.28. The summed E-state index contributed by atoms with van der Waals surface area (Å²) < 4.78 is 13.9. The third-order valence-electron chi connectivity index (χ3n) is 5.50. The van der Waals surface area contributed by atoms with Gasteiger partial charge in [0.2, 0.25) is 11.8 Å². The van der Waals surface area contributed by atoms with Crippen molar-refractivity contribution in [2.75, 3.05) is 36.4 Å². The second kappa shape index (κ2) is 8.06. The lowest BCUT2D eigenvalue weighted by atomic mass is 10.1. The van der Waals surface area contributed by atoms with Gasteiger partial charge in [-0.25, -0.2) is 9.37 Å². The maximum absolute atomic E-state index is 13.9. The quantitative estimate of drug-likeness (QED) is 0.819. The van der Waals surface area contributed by atoms with Crippen molar-refractivity contribution in [1.29, 1.82) is 0 Å². The van der Waals surface area contributed by atoms with Crippen molar-refractivity contribution < 1.29 is 14.0 Å². The molecule has 0 aliphatic carbocycles. The van der Waals surface area contributed by atoms with Gasteiger partial charge in [0.05, 0.1) is 0 Å². The number of halogens is 1. The lowest BCUT2D eigenvalue weighted by molar-refractivity contribution is -0.129. The first-order valence-electron chi connectivity index (χ1n) is 9.78. The number of carbonyl (C=O) groups excluding carboxylic acids is 2. The van der Waals surface area contributed by atoms with E-state index in [4.69, 9.17) is 0 Å². The van der Waals surface area contributed by atoms with Crippen LogP contribution in [0.25, 0.3) is 0 Å². The molecular weight excluding hydrogens is 373 g/mol. The van der Waals surface area contributed by atoms with Crippen LogP contribution in [-0.2, 0) is 22.6 Å². The standard InChI is InChI=1S/C21H24FN5O2/c1-14(28)26-7-9-27(10-8-26)20-11-15(5-6-23-20)13-24-21(29)19-12-16-17(22)3-2-4-18(16)25-19/h2-6,11,19,25H,7-10,12-13H2,1H3,(H,24,29). The number of fused-ring (bicyclic) bond motifs is 1. The molecule has 0 saturated carbocycles. The number of benzene rings is 1. The fraction of sp³-hybridized carbons (Fsp3) is 0.381. The van der Waals surface area contributed by atoms with Crippen molar-refractivity contribution >= 4 is 23.3 Å². The number of anilines is 2. The topological polar surface area (TPSA) is 77.6 Å². The molecule has 8 heteroatoms. The highest BCUT2D eigenvalue weighted by atomic mass is 19.1. The Morgan fingerprint density at radius 1 is 1.24 bits per heavy atom. The Kier molecular flexibility index (Phi) is 5.33. The van der Waals surface area contributed by atoms with Crippen LogP contribution >= 0.6 is 0 Å². The Morgan fingerprint density at radius 2 is 2.03 bits per heavy atom. The molecule has 0 bridgehead atoms. The molecule has 2 aliphatic rings. The molecule has 152 valence electrons. The summed E-state index contributed by atoms with van der Waals surface area (Å²) in [6.07, 6.45) is 2.07. The fourth-order valence-corrected chi connectivity index (χ4v) is 3.81. The number of amides is 2. The zero-order valence-corrected chi connectivity index (χ0v) is 16.3. The molecule has 2 amide bonds. The van der Waals surface area contributed by atoms with Gasteiger partial charge in [-0.3, -0.25) is 9.59 Å². The van der Waals surface area contributed by atoms with Gasteiger partial charge in [0.25, 0.3) is 0 Å². The Balaban J connectivity index is 1.33. The fourth-order valence-electron chi connectivity index (χ4n) is 3.81. The van der Waals surface area contributed by atoms with Gasteiger partial charge in [-0.05, 0) is 29.8 Å². The lowest BCUT2D eigenvalue weighted by Gasteiger charge is -2.35. The van der Waals surface area contributed by atoms with E-state index in [0.717, 1.165) is 24.5 Å². The Morgan fingerprint density at radius 3 is 2.76 bits per heavy atom. The van der Waals surface area contributed by atoms with Crippen molar-refractivity contribution in [2.24, 2.45) is 0 Å². The van der Waals surface area contributed by atoms with Crippen molar-refractivity contribution in [3.63, 3.8) is 0 Å². The van der Waals surface area contributed by atoms with Gasteiger partial charge in [0.15, 0.2) is 0 Å². The Bertz CT molecular complexity index is 927. The van der Waals surface area contributed by atoms with Crippen LogP contribution in [0, 0.1) is 5.82 Å². The monoisotopic (exact) mass is 397 g/mol. The van der Waals surface area contributed by atoms with Crippen LogP contribution in [0.2, 0.25) is 0 Å². The van der Waals surface area contributed by atoms with E-state index in [1.165, 1.54) is 6.07 Å². The summed E-state index contributed by atoms with van der Waals surface area (Å²) in [7, 11) is 0. The molecule has 3 heterocycles. The van der Waals surface area contributed by atoms with Crippen LogP contribution in [0.15, 0.2) is 36.5 Å². The lowest BCUT2D eigenvalue weighted by Crippen LogP contribution is -2.48. The number of aromatic nitrogens is 1. The molecular formula is C21H24FN5O2. The van der Waals surface area contributed by atoms with Crippen molar-refractivity contribution in [3.05, 3.63) is 53.5 Å². The van der Waals surface area contributed by atoms with Crippen molar-refractivity contribution in [2.45, 2.75) is 25.9 Å². The third kappa shape index (κ3) is 4.16. The summed E-state index contributed by atoms with van der Waals surface area (Å²) in [5, 5.41) is 6.01. The van der Waals surface area contributed by atoms with Crippen LogP contribution in [-0.4, -0.2) is 53.9 Å². The molecule has 7 nitrogen and oxygen atoms in total. The normalized spacial score (nSPS) is 18.2. The van der Waals surface area contributed by atoms with Crippen LogP contribution in [0.1, 0.15) is 18.1 Å². The Hall–Kier alpha value is -3.16. The van der Waals surface area contributed by atoms with Crippen LogP contribution < -0.4 is 15.5 Å². The minimum absolute atomic E-state index is 0.0941. The summed E-state index contributed by atoms with van der Waals surface area (Å²) in [5.41, 5.74) is 2.18. The van der Waals surface area contributed by atoms with E-state index in [1.807, 2.05) is 17.0 Å². The van der Waals surface area contributed by atoms with Crippen molar-refractivity contribution in [1.82, 2.24) is 15.2 Å². The molecule has 1 fully saturated rings. The van der Waals surface area contributed by atoms with Gasteiger partial charge in [0, 0.05) is 63.5 Å². The summed E-state index contributed by atoms with van der Waals surface area (Å²) >= 11 is 0. The van der Waals surface area contributed by atoms with Crippen LogP contribution in [0.5, 0.6) is 0 Å². The smallest absolute Gasteiger partial charge is 0.243 e. The summed E-state index contributed by atoms with van der Waals surface area (Å²) in [6.45, 7) is 4.80. The molecule has 4 rings (SSSR count). The van der Waals surface area contributed by atoms with Gasteiger partial charge in [-0.1, -0.05) is 6.07 Å². The molecule has 1 unspecified atom stereocenters. The summed E-state index contributed by atoms with van der Waals surface area (Å²) in [6, 6.07) is 8.19. The van der Waals surface area contributed by atoms with Crippen molar-refractivity contribution in [3.8, 4) is 0 Å². The minimum Gasteiger partial charge on any atom is -0.373 e. The second-order valence-corrected chi connectivity index (χ2v) is 7.40. The number of nitrogens with one attached hydrogen (secondary N) is 2. The molecule has 0 radical (unpaired) electrons. The molecule has 29 heavy (non-hydrogen) atoms. The zero-order chi connectivity index (χ0) is 20.4.